The summed E-state index contributed by atoms with van der Waals surface area (Å²) in [5.74, 6) is 0.273. The van der Waals surface area contributed by atoms with Crippen molar-refractivity contribution in [3.8, 4) is 0 Å². The monoisotopic (exact) mass is 295 g/mol. The van der Waals surface area contributed by atoms with E-state index in [0.717, 1.165) is 32.5 Å². The fourth-order valence-electron chi connectivity index (χ4n) is 3.76. The standard InChI is InChI=1S/C17H33N3O/c1-3-4-5-7-14(2)19-17(21)16-8-6-13-20(16)15-9-11-18-12-10-15/h14-16,18H,3-13H2,1-2H3,(H,19,21). The van der Waals surface area contributed by atoms with Gasteiger partial charge in [0.1, 0.15) is 0 Å². The van der Waals surface area contributed by atoms with Crippen LogP contribution in [0.2, 0.25) is 0 Å². The maximum absolute atomic E-state index is 12.6. The lowest BCUT2D eigenvalue weighted by Gasteiger charge is -2.35. The van der Waals surface area contributed by atoms with Crippen LogP contribution in [-0.4, -0.2) is 48.6 Å². The van der Waals surface area contributed by atoms with Crippen molar-refractivity contribution in [1.29, 1.82) is 0 Å². The minimum absolute atomic E-state index is 0.127. The Balaban J connectivity index is 1.79. The Hall–Kier alpha value is -0.610. The van der Waals surface area contributed by atoms with E-state index in [1.807, 2.05) is 0 Å². The molecule has 2 rings (SSSR count). The van der Waals surface area contributed by atoms with Crippen molar-refractivity contribution in [2.45, 2.75) is 83.3 Å². The van der Waals surface area contributed by atoms with Gasteiger partial charge >= 0.3 is 0 Å². The van der Waals surface area contributed by atoms with Gasteiger partial charge < -0.3 is 10.6 Å². The molecule has 2 aliphatic heterocycles. The van der Waals surface area contributed by atoms with Crippen LogP contribution in [0.4, 0.5) is 0 Å². The van der Waals surface area contributed by atoms with Crippen LogP contribution in [-0.2, 0) is 4.79 Å². The summed E-state index contributed by atoms with van der Waals surface area (Å²) in [6, 6.07) is 1.06. The molecule has 2 atom stereocenters. The molecule has 0 aromatic rings. The van der Waals surface area contributed by atoms with Crippen molar-refractivity contribution in [1.82, 2.24) is 15.5 Å². The number of likely N-dealkylation sites (tertiary alicyclic amines) is 1. The summed E-state index contributed by atoms with van der Waals surface area (Å²) in [5, 5.41) is 6.67. The second-order valence-corrected chi connectivity index (χ2v) is 6.78. The van der Waals surface area contributed by atoms with Crippen LogP contribution in [0.5, 0.6) is 0 Å². The average molecular weight is 295 g/mol. The summed E-state index contributed by atoms with van der Waals surface area (Å²) in [4.78, 5) is 15.1. The normalized spacial score (nSPS) is 25.9. The summed E-state index contributed by atoms with van der Waals surface area (Å²) in [7, 11) is 0. The number of nitrogens with zero attached hydrogens (tertiary/aromatic N) is 1. The Morgan fingerprint density at radius 2 is 2.05 bits per heavy atom. The van der Waals surface area contributed by atoms with Crippen molar-refractivity contribution < 1.29 is 4.79 Å². The van der Waals surface area contributed by atoms with E-state index in [9.17, 15) is 4.79 Å². The molecule has 0 radical (unpaired) electrons. The Kier molecular flexibility index (Phi) is 6.97. The van der Waals surface area contributed by atoms with Gasteiger partial charge in [0.2, 0.25) is 5.91 Å². The first kappa shape index (κ1) is 16.8. The SMILES string of the molecule is CCCCCC(C)NC(=O)C1CCCN1C1CCNCC1. The Bertz CT molecular complexity index is 315. The first-order valence-electron chi connectivity index (χ1n) is 8.99. The van der Waals surface area contributed by atoms with E-state index in [4.69, 9.17) is 0 Å². The van der Waals surface area contributed by atoms with Gasteiger partial charge in [0.05, 0.1) is 6.04 Å². The zero-order chi connectivity index (χ0) is 15.1. The fraction of sp³-hybridized carbons (Fsp3) is 0.941. The number of carbonyl (C=O) groups is 1. The lowest BCUT2D eigenvalue weighted by Crippen LogP contribution is -2.52. The zero-order valence-corrected chi connectivity index (χ0v) is 13.9. The van der Waals surface area contributed by atoms with Crippen LogP contribution < -0.4 is 10.6 Å². The number of piperidine rings is 1. The van der Waals surface area contributed by atoms with Crippen molar-refractivity contribution in [2.75, 3.05) is 19.6 Å². The predicted octanol–water partition coefficient (Wildman–Crippen LogP) is 2.29. The molecule has 21 heavy (non-hydrogen) atoms. The predicted molar refractivity (Wildman–Crippen MR) is 87.4 cm³/mol. The highest BCUT2D eigenvalue weighted by Gasteiger charge is 2.35. The van der Waals surface area contributed by atoms with Gasteiger partial charge in [-0.05, 0) is 58.7 Å². The third kappa shape index (κ3) is 4.96. The molecule has 2 saturated heterocycles. The van der Waals surface area contributed by atoms with E-state index in [-0.39, 0.29) is 11.9 Å². The quantitative estimate of drug-likeness (QED) is 0.708. The van der Waals surface area contributed by atoms with Gasteiger partial charge in [-0.1, -0.05) is 26.2 Å². The molecule has 2 N–H and O–H groups in total. The van der Waals surface area contributed by atoms with E-state index in [0.29, 0.717) is 12.1 Å². The Morgan fingerprint density at radius 1 is 1.29 bits per heavy atom. The molecular weight excluding hydrogens is 262 g/mol. The lowest BCUT2D eigenvalue weighted by molar-refractivity contribution is -0.127. The first-order chi connectivity index (χ1) is 10.2. The number of hydrogen-bond acceptors (Lipinski definition) is 3. The maximum atomic E-state index is 12.6. The smallest absolute Gasteiger partial charge is 0.237 e. The largest absolute Gasteiger partial charge is 0.352 e. The molecule has 0 spiro atoms. The maximum Gasteiger partial charge on any atom is 0.237 e. The van der Waals surface area contributed by atoms with Gasteiger partial charge in [0.15, 0.2) is 0 Å². The third-order valence-electron chi connectivity index (χ3n) is 5.00. The van der Waals surface area contributed by atoms with Gasteiger partial charge in [0, 0.05) is 12.1 Å². The first-order valence-corrected chi connectivity index (χ1v) is 8.99. The minimum atomic E-state index is 0.127. The lowest BCUT2D eigenvalue weighted by atomic mass is 10.0. The minimum Gasteiger partial charge on any atom is -0.352 e. The second-order valence-electron chi connectivity index (χ2n) is 6.78. The van der Waals surface area contributed by atoms with Crippen LogP contribution in [0.3, 0.4) is 0 Å². The molecule has 0 bridgehead atoms. The molecule has 1 amide bonds. The molecule has 122 valence electrons. The number of amides is 1. The highest BCUT2D eigenvalue weighted by atomic mass is 16.2. The molecule has 2 aliphatic rings. The topological polar surface area (TPSA) is 44.4 Å². The summed E-state index contributed by atoms with van der Waals surface area (Å²) in [5.41, 5.74) is 0. The Labute approximate surface area is 130 Å². The molecule has 2 unspecified atom stereocenters. The molecule has 0 aromatic carbocycles. The van der Waals surface area contributed by atoms with Crippen LogP contribution in [0, 0.1) is 0 Å². The molecule has 4 nitrogen and oxygen atoms in total. The van der Waals surface area contributed by atoms with Crippen molar-refractivity contribution in [2.24, 2.45) is 0 Å². The molecule has 0 aromatic heterocycles. The number of carbonyl (C=O) groups excluding carboxylic acids is 1. The van der Waals surface area contributed by atoms with Gasteiger partial charge in [-0.2, -0.15) is 0 Å². The van der Waals surface area contributed by atoms with Crippen molar-refractivity contribution >= 4 is 5.91 Å². The summed E-state index contributed by atoms with van der Waals surface area (Å²) in [6.45, 7) is 7.68. The van der Waals surface area contributed by atoms with Gasteiger partial charge in [-0.25, -0.2) is 0 Å². The number of rotatable bonds is 7. The summed E-state index contributed by atoms with van der Waals surface area (Å²) in [6.07, 6.45) is 9.44. The van der Waals surface area contributed by atoms with Crippen LogP contribution >= 0.6 is 0 Å². The van der Waals surface area contributed by atoms with Crippen LogP contribution in [0.25, 0.3) is 0 Å². The van der Waals surface area contributed by atoms with Gasteiger partial charge in [-0.15, -0.1) is 0 Å². The van der Waals surface area contributed by atoms with Crippen molar-refractivity contribution in [3.63, 3.8) is 0 Å². The molecule has 2 fully saturated rings. The third-order valence-corrected chi connectivity index (χ3v) is 5.00. The summed E-state index contributed by atoms with van der Waals surface area (Å²) < 4.78 is 0. The molecule has 4 heteroatoms. The highest BCUT2D eigenvalue weighted by molar-refractivity contribution is 5.82. The molecule has 0 saturated carbocycles. The van der Waals surface area contributed by atoms with Crippen LogP contribution in [0.1, 0.15) is 65.2 Å². The average Bonchev–Trinajstić information content (AvgIpc) is 2.98. The molecular formula is C17H33N3O. The zero-order valence-electron chi connectivity index (χ0n) is 13.9. The molecule has 0 aliphatic carbocycles. The van der Waals surface area contributed by atoms with Gasteiger partial charge in [-0.3, -0.25) is 9.69 Å². The van der Waals surface area contributed by atoms with Crippen molar-refractivity contribution in [3.05, 3.63) is 0 Å². The highest BCUT2D eigenvalue weighted by Crippen LogP contribution is 2.24. The van der Waals surface area contributed by atoms with Crippen LogP contribution in [0.15, 0.2) is 0 Å². The fourth-order valence-corrected chi connectivity index (χ4v) is 3.76. The Morgan fingerprint density at radius 3 is 2.76 bits per heavy atom. The van der Waals surface area contributed by atoms with E-state index >= 15 is 0 Å². The van der Waals surface area contributed by atoms with E-state index in [2.05, 4.69) is 29.4 Å². The van der Waals surface area contributed by atoms with Gasteiger partial charge in [0.25, 0.3) is 0 Å². The van der Waals surface area contributed by atoms with E-state index in [1.54, 1.807) is 0 Å². The van der Waals surface area contributed by atoms with E-state index in [1.165, 1.54) is 38.5 Å². The molecule has 2 heterocycles. The number of hydrogen-bond donors (Lipinski definition) is 2. The number of nitrogens with one attached hydrogen (secondary N) is 2. The van der Waals surface area contributed by atoms with E-state index < -0.39 is 0 Å². The summed E-state index contributed by atoms with van der Waals surface area (Å²) >= 11 is 0. The second kappa shape index (κ2) is 8.74. The number of unbranched alkanes of at least 4 members (excludes halogenated alkanes) is 2.